The third-order valence-electron chi connectivity index (χ3n) is 2.00. The van der Waals surface area contributed by atoms with E-state index >= 15 is 0 Å². The topological polar surface area (TPSA) is 41.0 Å². The van der Waals surface area contributed by atoms with E-state index in [1.54, 1.807) is 11.8 Å². The predicted octanol–water partition coefficient (Wildman–Crippen LogP) is 1.70. The molecule has 4 nitrogen and oxygen atoms in total. The van der Waals surface area contributed by atoms with Gasteiger partial charge in [-0.1, -0.05) is 11.8 Å². The molecule has 0 aliphatic rings. The zero-order valence-corrected chi connectivity index (χ0v) is 9.85. The van der Waals surface area contributed by atoms with Crippen molar-refractivity contribution in [2.75, 3.05) is 37.1 Å². The molecule has 1 aromatic rings. The molecule has 0 aliphatic heterocycles. The van der Waals surface area contributed by atoms with E-state index in [-0.39, 0.29) is 0 Å². The summed E-state index contributed by atoms with van der Waals surface area (Å²) in [4.78, 5) is 10.8. The minimum absolute atomic E-state index is 0.798. The second-order valence-corrected chi connectivity index (χ2v) is 3.64. The summed E-state index contributed by atoms with van der Waals surface area (Å²) in [6, 6.07) is 1.95. The van der Waals surface area contributed by atoms with Crippen molar-refractivity contribution < 1.29 is 0 Å². The largest absolute Gasteiger partial charge is 0.373 e. The van der Waals surface area contributed by atoms with Crippen molar-refractivity contribution in [3.8, 4) is 0 Å². The summed E-state index contributed by atoms with van der Waals surface area (Å²) in [7, 11) is 3.88. The Labute approximate surface area is 89.1 Å². The monoisotopic (exact) mass is 212 g/mol. The van der Waals surface area contributed by atoms with E-state index in [1.807, 2.05) is 26.4 Å². The van der Waals surface area contributed by atoms with Crippen LogP contribution >= 0.6 is 11.8 Å². The number of anilines is 2. The Bertz CT molecular complexity index is 281. The van der Waals surface area contributed by atoms with Crippen molar-refractivity contribution in [1.82, 2.24) is 9.97 Å². The van der Waals surface area contributed by atoms with Crippen LogP contribution in [0.2, 0.25) is 0 Å². The van der Waals surface area contributed by atoms with E-state index < -0.39 is 0 Å². The van der Waals surface area contributed by atoms with E-state index in [0.717, 1.165) is 23.3 Å². The zero-order chi connectivity index (χ0) is 10.6. The molecule has 14 heavy (non-hydrogen) atoms. The molecule has 0 bridgehead atoms. The van der Waals surface area contributed by atoms with Crippen molar-refractivity contribution >= 4 is 23.4 Å². The van der Waals surface area contributed by atoms with Crippen LogP contribution in [0.3, 0.4) is 0 Å². The first-order valence-corrected chi connectivity index (χ1v) is 5.75. The average Bonchev–Trinajstić information content (AvgIpc) is 2.27. The normalized spacial score (nSPS) is 10.0. The fourth-order valence-electron chi connectivity index (χ4n) is 0.990. The van der Waals surface area contributed by atoms with Gasteiger partial charge in [-0.3, -0.25) is 0 Å². The Hall–Kier alpha value is -0.970. The number of nitrogens with zero attached hydrogens (tertiary/aromatic N) is 3. The van der Waals surface area contributed by atoms with Gasteiger partial charge in [-0.25, -0.2) is 9.97 Å². The average molecular weight is 212 g/mol. The van der Waals surface area contributed by atoms with E-state index in [2.05, 4.69) is 27.1 Å². The molecule has 1 aromatic heterocycles. The van der Waals surface area contributed by atoms with E-state index in [4.69, 9.17) is 0 Å². The van der Waals surface area contributed by atoms with Crippen molar-refractivity contribution in [3.05, 3.63) is 6.07 Å². The van der Waals surface area contributed by atoms with Gasteiger partial charge in [0.2, 0.25) is 0 Å². The van der Waals surface area contributed by atoms with Gasteiger partial charge in [0.05, 0.1) is 0 Å². The second-order valence-electron chi connectivity index (χ2n) is 2.86. The predicted molar refractivity (Wildman–Crippen MR) is 62.3 cm³/mol. The maximum Gasteiger partial charge on any atom is 0.191 e. The first-order valence-electron chi connectivity index (χ1n) is 4.53. The van der Waals surface area contributed by atoms with Gasteiger partial charge in [0, 0.05) is 26.7 Å². The molecule has 78 valence electrons. The van der Waals surface area contributed by atoms with Gasteiger partial charge in [-0.15, -0.1) is 0 Å². The summed E-state index contributed by atoms with van der Waals surface area (Å²) in [5.41, 5.74) is 0. The highest BCUT2D eigenvalue weighted by Crippen LogP contribution is 2.18. The molecule has 0 saturated heterocycles. The van der Waals surface area contributed by atoms with Crippen LogP contribution in [0.1, 0.15) is 6.92 Å². The number of hydrogen-bond acceptors (Lipinski definition) is 5. The van der Waals surface area contributed by atoms with E-state index in [0.29, 0.717) is 0 Å². The molecule has 0 spiro atoms. The Morgan fingerprint density at radius 3 is 2.71 bits per heavy atom. The first-order chi connectivity index (χ1) is 6.71. The van der Waals surface area contributed by atoms with Gasteiger partial charge in [0.1, 0.15) is 11.6 Å². The molecule has 0 saturated carbocycles. The van der Waals surface area contributed by atoms with Crippen LogP contribution in [-0.2, 0) is 0 Å². The Balaban J connectivity index is 3.04. The fraction of sp³-hybridized carbons (Fsp3) is 0.556. The third kappa shape index (κ3) is 2.51. The third-order valence-corrected chi connectivity index (χ3v) is 2.54. The molecule has 0 fully saturated rings. The van der Waals surface area contributed by atoms with Crippen molar-refractivity contribution in [2.45, 2.75) is 12.1 Å². The number of aromatic nitrogens is 2. The molecule has 0 amide bonds. The highest BCUT2D eigenvalue weighted by atomic mass is 32.2. The summed E-state index contributed by atoms with van der Waals surface area (Å²) in [5.74, 6) is 1.82. The molecular weight excluding hydrogens is 196 g/mol. The molecule has 1 heterocycles. The standard InChI is InChI=1S/C9H16N4S/c1-5-13(3)8-6-7(10-2)11-9(12-8)14-4/h6H,5H2,1-4H3,(H,10,11,12). The lowest BCUT2D eigenvalue weighted by molar-refractivity contribution is 0.883. The van der Waals surface area contributed by atoms with Gasteiger partial charge in [0.15, 0.2) is 5.16 Å². The van der Waals surface area contributed by atoms with E-state index in [1.165, 1.54) is 0 Å². The molecular formula is C9H16N4S. The second kappa shape index (κ2) is 5.05. The minimum Gasteiger partial charge on any atom is -0.373 e. The lowest BCUT2D eigenvalue weighted by atomic mass is 10.5. The van der Waals surface area contributed by atoms with Gasteiger partial charge >= 0.3 is 0 Å². The van der Waals surface area contributed by atoms with E-state index in [9.17, 15) is 0 Å². The Kier molecular flexibility index (Phi) is 4.00. The summed E-state index contributed by atoms with van der Waals surface area (Å²) < 4.78 is 0. The van der Waals surface area contributed by atoms with Crippen molar-refractivity contribution in [1.29, 1.82) is 0 Å². The van der Waals surface area contributed by atoms with Crippen LogP contribution in [-0.4, -0.2) is 36.9 Å². The maximum atomic E-state index is 4.41. The number of hydrogen-bond donors (Lipinski definition) is 1. The number of thioether (sulfide) groups is 1. The molecule has 1 rings (SSSR count). The Morgan fingerprint density at radius 1 is 1.50 bits per heavy atom. The Morgan fingerprint density at radius 2 is 2.21 bits per heavy atom. The fourth-order valence-corrected chi connectivity index (χ4v) is 1.36. The molecule has 0 radical (unpaired) electrons. The van der Waals surface area contributed by atoms with Crippen LogP contribution in [0.25, 0.3) is 0 Å². The smallest absolute Gasteiger partial charge is 0.191 e. The number of rotatable bonds is 4. The van der Waals surface area contributed by atoms with Gasteiger partial charge in [-0.05, 0) is 13.2 Å². The summed E-state index contributed by atoms with van der Waals surface area (Å²) in [5, 5.41) is 3.83. The van der Waals surface area contributed by atoms with Gasteiger partial charge < -0.3 is 10.2 Å². The van der Waals surface area contributed by atoms with Crippen LogP contribution in [0, 0.1) is 0 Å². The van der Waals surface area contributed by atoms with Gasteiger partial charge in [0.25, 0.3) is 0 Å². The zero-order valence-electron chi connectivity index (χ0n) is 9.03. The minimum atomic E-state index is 0.798. The SMILES string of the molecule is CCN(C)c1cc(NC)nc(SC)n1. The molecule has 0 aromatic carbocycles. The summed E-state index contributed by atoms with van der Waals surface area (Å²) in [6.45, 7) is 3.04. The lowest BCUT2D eigenvalue weighted by Gasteiger charge is -2.16. The quantitative estimate of drug-likeness (QED) is 0.607. The van der Waals surface area contributed by atoms with Crippen LogP contribution in [0.4, 0.5) is 11.6 Å². The van der Waals surface area contributed by atoms with Crippen LogP contribution < -0.4 is 10.2 Å². The highest BCUT2D eigenvalue weighted by Gasteiger charge is 2.05. The lowest BCUT2D eigenvalue weighted by Crippen LogP contribution is -2.18. The summed E-state index contributed by atoms with van der Waals surface area (Å²) >= 11 is 1.55. The van der Waals surface area contributed by atoms with Gasteiger partial charge in [-0.2, -0.15) is 0 Å². The van der Waals surface area contributed by atoms with Crippen LogP contribution in [0.5, 0.6) is 0 Å². The molecule has 5 heteroatoms. The molecule has 0 aliphatic carbocycles. The molecule has 0 unspecified atom stereocenters. The molecule has 1 N–H and O–H groups in total. The maximum absolute atomic E-state index is 4.41. The highest BCUT2D eigenvalue weighted by molar-refractivity contribution is 7.98. The van der Waals surface area contributed by atoms with Crippen molar-refractivity contribution in [3.63, 3.8) is 0 Å². The number of nitrogens with one attached hydrogen (secondary N) is 1. The summed E-state index contributed by atoms with van der Waals surface area (Å²) in [6.07, 6.45) is 1.98. The van der Waals surface area contributed by atoms with Crippen molar-refractivity contribution in [2.24, 2.45) is 0 Å². The first kappa shape index (κ1) is 11.1. The molecule has 0 atom stereocenters. The van der Waals surface area contributed by atoms with Crippen LogP contribution in [0.15, 0.2) is 11.2 Å².